The van der Waals surface area contributed by atoms with Crippen molar-refractivity contribution in [1.82, 2.24) is 34.5 Å². The number of aromatic nitrogens is 7. The number of hydrogen-bond donors (Lipinski definition) is 3. The van der Waals surface area contributed by atoms with E-state index >= 15 is 0 Å². The summed E-state index contributed by atoms with van der Waals surface area (Å²) >= 11 is 0. The first-order valence-electron chi connectivity index (χ1n) is 12.4. The van der Waals surface area contributed by atoms with Gasteiger partial charge in [0.05, 0.1) is 18.0 Å². The fraction of sp³-hybridized carbons (Fsp3) is 0.308. The number of ether oxygens (including phenoxy) is 1. The van der Waals surface area contributed by atoms with Crippen LogP contribution in [0.2, 0.25) is 0 Å². The monoisotopic (exact) mass is 531 g/mol. The van der Waals surface area contributed by atoms with Crippen LogP contribution in [0.3, 0.4) is 0 Å². The van der Waals surface area contributed by atoms with Crippen LogP contribution in [0.1, 0.15) is 37.3 Å². The molecule has 0 saturated heterocycles. The normalized spacial score (nSPS) is 12.3. The van der Waals surface area contributed by atoms with Gasteiger partial charge in [0.1, 0.15) is 23.9 Å². The van der Waals surface area contributed by atoms with E-state index in [4.69, 9.17) is 9.26 Å². The number of nitrogens with zero attached hydrogens (tertiary/aromatic N) is 7. The molecule has 0 bridgehead atoms. The molecule has 0 amide bonds. The van der Waals surface area contributed by atoms with E-state index in [1.807, 2.05) is 44.2 Å². The molecule has 1 atom stereocenters. The van der Waals surface area contributed by atoms with Crippen molar-refractivity contribution < 1.29 is 14.4 Å². The first-order chi connectivity index (χ1) is 18.9. The Labute approximate surface area is 223 Å². The highest BCUT2D eigenvalue weighted by molar-refractivity contribution is 5.77. The van der Waals surface area contributed by atoms with Gasteiger partial charge in [0, 0.05) is 19.3 Å². The molecule has 0 aliphatic heterocycles. The topological polar surface area (TPSA) is 158 Å². The van der Waals surface area contributed by atoms with Crippen molar-refractivity contribution in [2.75, 3.05) is 24.4 Å². The standard InChI is InChI=1S/C26H29N9O4/c1-15(2)35-23-18(25(37)34(35)14-38-4)10-11-21(30-23)31-26-27-12-19(24-28-16(3)33-39-24)22(32-26)29-20(13-36)17-8-6-5-7-9-17/h5-12,15,20,36H,13-14H2,1-4H3,(H2,27,29,30,31,32)/t20-/m1/s1. The van der Waals surface area contributed by atoms with Crippen LogP contribution in [-0.2, 0) is 11.5 Å². The number of anilines is 3. The summed E-state index contributed by atoms with van der Waals surface area (Å²) in [7, 11) is 1.54. The lowest BCUT2D eigenvalue weighted by Gasteiger charge is -2.19. The third kappa shape index (κ3) is 5.22. The smallest absolute Gasteiger partial charge is 0.278 e. The lowest BCUT2D eigenvalue weighted by Crippen LogP contribution is -2.25. The molecule has 3 N–H and O–H groups in total. The molecule has 0 aliphatic carbocycles. The number of fused-ring (bicyclic) bond motifs is 1. The predicted molar refractivity (Wildman–Crippen MR) is 145 cm³/mol. The summed E-state index contributed by atoms with van der Waals surface area (Å²) in [6.45, 7) is 5.59. The van der Waals surface area contributed by atoms with Gasteiger partial charge in [0.15, 0.2) is 11.5 Å². The second-order valence-electron chi connectivity index (χ2n) is 9.15. The van der Waals surface area contributed by atoms with Crippen LogP contribution < -0.4 is 16.2 Å². The number of hydrogen-bond acceptors (Lipinski definition) is 11. The van der Waals surface area contributed by atoms with Crippen LogP contribution in [0.5, 0.6) is 0 Å². The van der Waals surface area contributed by atoms with E-state index in [9.17, 15) is 9.90 Å². The third-order valence-corrected chi connectivity index (χ3v) is 6.04. The number of methoxy groups -OCH3 is 1. The van der Waals surface area contributed by atoms with Crippen LogP contribution >= 0.6 is 0 Å². The predicted octanol–water partition coefficient (Wildman–Crippen LogP) is 3.42. The summed E-state index contributed by atoms with van der Waals surface area (Å²) in [4.78, 5) is 31.0. The number of aliphatic hydroxyl groups excluding tert-OH is 1. The van der Waals surface area contributed by atoms with Gasteiger partial charge < -0.3 is 25.0 Å². The fourth-order valence-electron chi connectivity index (χ4n) is 4.29. The molecular formula is C26H29N9O4. The molecule has 39 heavy (non-hydrogen) atoms. The van der Waals surface area contributed by atoms with Crippen molar-refractivity contribution in [2.45, 2.75) is 39.6 Å². The largest absolute Gasteiger partial charge is 0.394 e. The van der Waals surface area contributed by atoms with E-state index in [1.165, 1.54) is 11.8 Å². The van der Waals surface area contributed by atoms with Crippen molar-refractivity contribution in [3.8, 4) is 11.5 Å². The van der Waals surface area contributed by atoms with Gasteiger partial charge in [-0.05, 0) is 38.5 Å². The minimum Gasteiger partial charge on any atom is -0.394 e. The molecule has 0 fully saturated rings. The lowest BCUT2D eigenvalue weighted by atomic mass is 10.1. The Morgan fingerprint density at radius 2 is 1.90 bits per heavy atom. The Morgan fingerprint density at radius 1 is 1.10 bits per heavy atom. The molecule has 4 aromatic heterocycles. The van der Waals surface area contributed by atoms with E-state index in [0.717, 1.165) is 5.56 Å². The Morgan fingerprint density at radius 3 is 2.56 bits per heavy atom. The summed E-state index contributed by atoms with van der Waals surface area (Å²) in [5.41, 5.74) is 1.68. The zero-order valence-electron chi connectivity index (χ0n) is 22.0. The molecule has 0 saturated carbocycles. The summed E-state index contributed by atoms with van der Waals surface area (Å²) in [5, 5.41) is 20.9. The number of nitrogens with one attached hydrogen (secondary N) is 2. The molecule has 5 aromatic rings. The second kappa shape index (κ2) is 11.0. The summed E-state index contributed by atoms with van der Waals surface area (Å²) in [6.07, 6.45) is 1.56. The second-order valence-corrected chi connectivity index (χ2v) is 9.15. The van der Waals surface area contributed by atoms with Crippen LogP contribution in [0.25, 0.3) is 22.5 Å². The molecular weight excluding hydrogens is 502 g/mol. The van der Waals surface area contributed by atoms with Gasteiger partial charge in [0.2, 0.25) is 5.95 Å². The molecule has 0 spiro atoms. The molecule has 0 unspecified atom stereocenters. The molecule has 1 aromatic carbocycles. The average Bonchev–Trinajstić information content (AvgIpc) is 3.48. The SMILES string of the molecule is COCn1c(=O)c2ccc(Nc3ncc(-c4nc(C)no4)c(N[C@H](CO)c4ccccc4)n3)nc2n1C(C)C. The van der Waals surface area contributed by atoms with Crippen molar-refractivity contribution in [3.05, 3.63) is 70.4 Å². The molecule has 5 rings (SSSR count). The third-order valence-electron chi connectivity index (χ3n) is 6.04. The molecule has 202 valence electrons. The van der Waals surface area contributed by atoms with Gasteiger partial charge >= 0.3 is 0 Å². The summed E-state index contributed by atoms with van der Waals surface area (Å²) in [5.74, 6) is 1.77. The zero-order chi connectivity index (χ0) is 27.5. The maximum atomic E-state index is 12.9. The lowest BCUT2D eigenvalue weighted by molar-refractivity contribution is 0.103. The van der Waals surface area contributed by atoms with Crippen molar-refractivity contribution >= 4 is 28.6 Å². The fourth-order valence-corrected chi connectivity index (χ4v) is 4.29. The number of aliphatic hydroxyl groups is 1. The molecule has 13 nitrogen and oxygen atoms in total. The number of rotatable bonds is 10. The first kappa shape index (κ1) is 26.0. The van der Waals surface area contributed by atoms with Crippen LogP contribution in [0.4, 0.5) is 17.6 Å². The van der Waals surface area contributed by atoms with Gasteiger partial charge in [-0.15, -0.1) is 0 Å². The first-order valence-corrected chi connectivity index (χ1v) is 12.4. The van der Waals surface area contributed by atoms with Crippen LogP contribution in [-0.4, -0.2) is 53.3 Å². The number of aryl methyl sites for hydroxylation is 1. The van der Waals surface area contributed by atoms with Gasteiger partial charge in [-0.25, -0.2) is 14.6 Å². The van der Waals surface area contributed by atoms with Crippen molar-refractivity contribution in [2.24, 2.45) is 0 Å². The highest BCUT2D eigenvalue weighted by Gasteiger charge is 2.21. The summed E-state index contributed by atoms with van der Waals surface area (Å²) < 4.78 is 13.9. The quantitative estimate of drug-likeness (QED) is 0.242. The van der Waals surface area contributed by atoms with E-state index < -0.39 is 6.04 Å². The van der Waals surface area contributed by atoms with E-state index in [1.54, 1.807) is 29.9 Å². The maximum absolute atomic E-state index is 12.9. The maximum Gasteiger partial charge on any atom is 0.278 e. The zero-order valence-corrected chi connectivity index (χ0v) is 22.0. The van der Waals surface area contributed by atoms with Crippen LogP contribution in [0.15, 0.2) is 58.0 Å². The van der Waals surface area contributed by atoms with E-state index in [-0.39, 0.29) is 36.8 Å². The number of benzene rings is 1. The van der Waals surface area contributed by atoms with E-state index in [2.05, 4.69) is 35.7 Å². The molecule has 0 aliphatic rings. The summed E-state index contributed by atoms with van der Waals surface area (Å²) in [6, 6.07) is 12.4. The molecule has 0 radical (unpaired) electrons. The van der Waals surface area contributed by atoms with E-state index in [0.29, 0.717) is 34.1 Å². The van der Waals surface area contributed by atoms with Gasteiger partial charge in [-0.3, -0.25) is 9.48 Å². The average molecular weight is 532 g/mol. The Balaban J connectivity index is 1.53. The highest BCUT2D eigenvalue weighted by atomic mass is 16.5. The highest BCUT2D eigenvalue weighted by Crippen LogP contribution is 2.29. The van der Waals surface area contributed by atoms with Crippen molar-refractivity contribution in [3.63, 3.8) is 0 Å². The van der Waals surface area contributed by atoms with Gasteiger partial charge in [-0.2, -0.15) is 9.97 Å². The van der Waals surface area contributed by atoms with Crippen molar-refractivity contribution in [1.29, 1.82) is 0 Å². The molecule has 13 heteroatoms. The Kier molecular flexibility index (Phi) is 7.34. The van der Waals surface area contributed by atoms with Gasteiger partial charge in [-0.1, -0.05) is 35.5 Å². The minimum atomic E-state index is -0.452. The minimum absolute atomic E-state index is 0.0364. The Hall–Kier alpha value is -4.62. The Bertz CT molecular complexity index is 1640. The number of pyridine rings is 1. The van der Waals surface area contributed by atoms with Gasteiger partial charge in [0.25, 0.3) is 11.4 Å². The van der Waals surface area contributed by atoms with Crippen LogP contribution in [0, 0.1) is 6.92 Å². The molecule has 4 heterocycles.